The third kappa shape index (κ3) is 3.16. The molecule has 0 saturated heterocycles. The molecule has 1 aromatic heterocycles. The van der Waals surface area contributed by atoms with E-state index < -0.39 is 0 Å². The predicted molar refractivity (Wildman–Crippen MR) is 76.0 cm³/mol. The second-order valence-electron chi connectivity index (χ2n) is 4.81. The second-order valence-corrected chi connectivity index (χ2v) is 5.22. The Morgan fingerprint density at radius 3 is 2.84 bits per heavy atom. The van der Waals surface area contributed by atoms with Gasteiger partial charge in [-0.05, 0) is 37.8 Å². The van der Waals surface area contributed by atoms with Gasteiger partial charge in [-0.1, -0.05) is 18.0 Å². The first-order chi connectivity index (χ1) is 9.15. The maximum absolute atomic E-state index is 12.5. The number of aromatic nitrogens is 1. The SMILES string of the molecule is CCN(CC1CCC1)C(=O)c1nc(NN)ccc1Cl. The van der Waals surface area contributed by atoms with Crippen molar-refractivity contribution in [3.05, 3.63) is 22.8 Å². The third-order valence-corrected chi connectivity index (χ3v) is 3.87. The Labute approximate surface area is 118 Å². The van der Waals surface area contributed by atoms with E-state index in [-0.39, 0.29) is 11.6 Å². The van der Waals surface area contributed by atoms with Crippen LogP contribution in [0.1, 0.15) is 36.7 Å². The van der Waals surface area contributed by atoms with Gasteiger partial charge in [0.1, 0.15) is 11.5 Å². The molecule has 1 aromatic rings. The van der Waals surface area contributed by atoms with Crippen LogP contribution in [0.25, 0.3) is 0 Å². The fourth-order valence-corrected chi connectivity index (χ4v) is 2.35. The highest BCUT2D eigenvalue weighted by atomic mass is 35.5. The highest BCUT2D eigenvalue weighted by Crippen LogP contribution is 2.28. The van der Waals surface area contributed by atoms with Gasteiger partial charge in [0, 0.05) is 13.1 Å². The number of carbonyl (C=O) groups excluding carboxylic acids is 1. The van der Waals surface area contributed by atoms with E-state index in [4.69, 9.17) is 17.4 Å². The van der Waals surface area contributed by atoms with Crippen molar-refractivity contribution in [3.8, 4) is 0 Å². The summed E-state index contributed by atoms with van der Waals surface area (Å²) in [4.78, 5) is 18.4. The molecule has 0 bridgehead atoms. The Balaban J connectivity index is 2.15. The monoisotopic (exact) mass is 282 g/mol. The second kappa shape index (κ2) is 6.21. The molecular weight excluding hydrogens is 264 g/mol. The molecule has 1 saturated carbocycles. The molecule has 0 spiro atoms. The average molecular weight is 283 g/mol. The molecule has 1 heterocycles. The third-order valence-electron chi connectivity index (χ3n) is 3.57. The van der Waals surface area contributed by atoms with Gasteiger partial charge in [-0.15, -0.1) is 0 Å². The summed E-state index contributed by atoms with van der Waals surface area (Å²) in [5.41, 5.74) is 2.69. The number of hydrazine groups is 1. The molecule has 0 radical (unpaired) electrons. The van der Waals surface area contributed by atoms with Crippen LogP contribution < -0.4 is 11.3 Å². The highest BCUT2D eigenvalue weighted by Gasteiger charge is 2.25. The molecule has 3 N–H and O–H groups in total. The molecule has 1 fully saturated rings. The summed E-state index contributed by atoms with van der Waals surface area (Å²) in [6.45, 7) is 3.41. The molecule has 19 heavy (non-hydrogen) atoms. The van der Waals surface area contributed by atoms with E-state index in [1.807, 2.05) is 6.92 Å². The van der Waals surface area contributed by atoms with Crippen LogP contribution in [-0.4, -0.2) is 28.9 Å². The Kier molecular flexibility index (Phi) is 4.61. The number of amides is 1. The maximum atomic E-state index is 12.5. The fraction of sp³-hybridized carbons (Fsp3) is 0.538. The first-order valence-electron chi connectivity index (χ1n) is 6.58. The normalized spacial score (nSPS) is 14.9. The minimum Gasteiger partial charge on any atom is -0.337 e. The zero-order valence-corrected chi connectivity index (χ0v) is 11.8. The smallest absolute Gasteiger partial charge is 0.274 e. The molecule has 0 aromatic carbocycles. The lowest BCUT2D eigenvalue weighted by molar-refractivity contribution is 0.0701. The van der Waals surface area contributed by atoms with Crippen LogP contribution in [0.2, 0.25) is 5.02 Å². The van der Waals surface area contributed by atoms with Crippen LogP contribution in [0.3, 0.4) is 0 Å². The molecule has 2 rings (SSSR count). The van der Waals surface area contributed by atoms with Gasteiger partial charge in [0.2, 0.25) is 0 Å². The number of rotatable bonds is 5. The number of nitrogens with zero attached hydrogens (tertiary/aromatic N) is 2. The van der Waals surface area contributed by atoms with Crippen molar-refractivity contribution in [1.29, 1.82) is 0 Å². The summed E-state index contributed by atoms with van der Waals surface area (Å²) in [5.74, 6) is 6.24. The highest BCUT2D eigenvalue weighted by molar-refractivity contribution is 6.33. The first kappa shape index (κ1) is 14.1. The number of nitrogens with two attached hydrogens (primary N) is 1. The van der Waals surface area contributed by atoms with Crippen LogP contribution in [-0.2, 0) is 0 Å². The van der Waals surface area contributed by atoms with Crippen LogP contribution in [0.5, 0.6) is 0 Å². The van der Waals surface area contributed by atoms with Crippen molar-refractivity contribution in [1.82, 2.24) is 9.88 Å². The predicted octanol–water partition coefficient (Wildman–Crippen LogP) is 2.28. The summed E-state index contributed by atoms with van der Waals surface area (Å²) in [7, 11) is 0. The number of hydrogen-bond acceptors (Lipinski definition) is 4. The van der Waals surface area contributed by atoms with Crippen molar-refractivity contribution < 1.29 is 4.79 Å². The molecule has 0 unspecified atom stereocenters. The summed E-state index contributed by atoms with van der Waals surface area (Å²) in [6.07, 6.45) is 3.67. The van der Waals surface area contributed by atoms with Gasteiger partial charge < -0.3 is 10.3 Å². The molecule has 104 valence electrons. The van der Waals surface area contributed by atoms with Crippen molar-refractivity contribution in [2.45, 2.75) is 26.2 Å². The largest absolute Gasteiger partial charge is 0.337 e. The summed E-state index contributed by atoms with van der Waals surface area (Å²) in [5, 5.41) is 0.357. The number of anilines is 1. The molecule has 1 amide bonds. The quantitative estimate of drug-likeness (QED) is 0.642. The van der Waals surface area contributed by atoms with E-state index in [0.29, 0.717) is 23.3 Å². The van der Waals surface area contributed by atoms with Gasteiger partial charge >= 0.3 is 0 Å². The lowest BCUT2D eigenvalue weighted by atomic mass is 9.85. The van der Waals surface area contributed by atoms with Crippen molar-refractivity contribution in [2.24, 2.45) is 11.8 Å². The summed E-state index contributed by atoms with van der Waals surface area (Å²) >= 11 is 6.05. The molecule has 5 nitrogen and oxygen atoms in total. The van der Waals surface area contributed by atoms with E-state index in [2.05, 4.69) is 10.4 Å². The number of carbonyl (C=O) groups is 1. The summed E-state index contributed by atoms with van der Waals surface area (Å²) < 4.78 is 0. The molecule has 1 aliphatic carbocycles. The number of nitrogens with one attached hydrogen (secondary N) is 1. The van der Waals surface area contributed by atoms with E-state index in [1.54, 1.807) is 17.0 Å². The van der Waals surface area contributed by atoms with Crippen LogP contribution >= 0.6 is 11.6 Å². The number of hydrogen-bond donors (Lipinski definition) is 2. The first-order valence-corrected chi connectivity index (χ1v) is 6.96. The maximum Gasteiger partial charge on any atom is 0.274 e. The number of nitrogen functional groups attached to an aromatic ring is 1. The van der Waals surface area contributed by atoms with Crippen molar-refractivity contribution >= 4 is 23.3 Å². The van der Waals surface area contributed by atoms with Crippen molar-refractivity contribution in [3.63, 3.8) is 0 Å². The molecule has 1 aliphatic rings. The number of pyridine rings is 1. The van der Waals surface area contributed by atoms with Gasteiger partial charge in [0.05, 0.1) is 5.02 Å². The zero-order chi connectivity index (χ0) is 13.8. The van der Waals surface area contributed by atoms with Crippen LogP contribution in [0, 0.1) is 5.92 Å². The van der Waals surface area contributed by atoms with Gasteiger partial charge in [-0.2, -0.15) is 0 Å². The Morgan fingerprint density at radius 2 is 2.32 bits per heavy atom. The molecule has 0 atom stereocenters. The minimum atomic E-state index is -0.128. The Hall–Kier alpha value is -1.33. The average Bonchev–Trinajstić information content (AvgIpc) is 2.38. The Morgan fingerprint density at radius 1 is 1.58 bits per heavy atom. The van der Waals surface area contributed by atoms with Gasteiger partial charge in [0.25, 0.3) is 5.91 Å². The number of halogens is 1. The summed E-state index contributed by atoms with van der Waals surface area (Å²) in [6, 6.07) is 3.27. The topological polar surface area (TPSA) is 71.2 Å². The van der Waals surface area contributed by atoms with Crippen molar-refractivity contribution in [2.75, 3.05) is 18.5 Å². The molecule has 0 aliphatic heterocycles. The van der Waals surface area contributed by atoms with Gasteiger partial charge in [0.15, 0.2) is 0 Å². The van der Waals surface area contributed by atoms with Gasteiger partial charge in [-0.25, -0.2) is 10.8 Å². The molecular formula is C13H19ClN4O. The van der Waals surface area contributed by atoms with E-state index in [9.17, 15) is 4.79 Å². The minimum absolute atomic E-state index is 0.128. The van der Waals surface area contributed by atoms with E-state index in [0.717, 1.165) is 6.54 Å². The Bertz CT molecular complexity index is 462. The molecule has 6 heteroatoms. The lowest BCUT2D eigenvalue weighted by Crippen LogP contribution is -2.37. The zero-order valence-electron chi connectivity index (χ0n) is 11.0. The van der Waals surface area contributed by atoms with Crippen LogP contribution in [0.4, 0.5) is 5.82 Å². The van der Waals surface area contributed by atoms with E-state index >= 15 is 0 Å². The fourth-order valence-electron chi connectivity index (χ4n) is 2.16. The van der Waals surface area contributed by atoms with Gasteiger partial charge in [-0.3, -0.25) is 4.79 Å². The standard InChI is InChI=1S/C13H19ClN4O/c1-2-18(8-9-4-3-5-9)13(19)12-10(14)6-7-11(16-12)17-15/h6-7,9H,2-5,8,15H2,1H3,(H,16,17). The van der Waals surface area contributed by atoms with Crippen LogP contribution in [0.15, 0.2) is 12.1 Å². The van der Waals surface area contributed by atoms with E-state index in [1.165, 1.54) is 19.3 Å². The lowest BCUT2D eigenvalue weighted by Gasteiger charge is -2.31.